The quantitative estimate of drug-likeness (QED) is 0.515. The molecular weight excluding hydrogens is 384 g/mol. The van der Waals surface area contributed by atoms with E-state index < -0.39 is 0 Å². The van der Waals surface area contributed by atoms with Gasteiger partial charge in [-0.05, 0) is 48.4 Å². The van der Waals surface area contributed by atoms with Crippen LogP contribution >= 0.6 is 11.3 Å². The number of hydrogen-bond donors (Lipinski definition) is 2. The molecule has 1 saturated heterocycles. The Morgan fingerprint density at radius 3 is 2.93 bits per heavy atom. The van der Waals surface area contributed by atoms with Gasteiger partial charge in [-0.3, -0.25) is 9.79 Å². The SMILES string of the molecule is CN=C(NCc1cccc(C(=O)NCC2CCCO2)c1)N(C)CCc1cccs1. The monoisotopic (exact) mass is 414 g/mol. The predicted octanol–water partition coefficient (Wildman–Crippen LogP) is 2.91. The average Bonchev–Trinajstić information content (AvgIpc) is 3.45. The molecule has 0 aliphatic carbocycles. The number of nitrogens with one attached hydrogen (secondary N) is 2. The van der Waals surface area contributed by atoms with Gasteiger partial charge in [0, 0.05) is 50.8 Å². The predicted molar refractivity (Wildman–Crippen MR) is 119 cm³/mol. The van der Waals surface area contributed by atoms with Gasteiger partial charge in [0.25, 0.3) is 5.91 Å². The highest BCUT2D eigenvalue weighted by Crippen LogP contribution is 2.12. The lowest BCUT2D eigenvalue weighted by atomic mass is 10.1. The molecule has 1 fully saturated rings. The smallest absolute Gasteiger partial charge is 0.251 e. The number of carbonyl (C=O) groups is 1. The number of aliphatic imine (C=N–C) groups is 1. The van der Waals surface area contributed by atoms with Crippen LogP contribution in [0.5, 0.6) is 0 Å². The molecule has 3 rings (SSSR count). The van der Waals surface area contributed by atoms with E-state index in [2.05, 4.69) is 38.0 Å². The van der Waals surface area contributed by atoms with E-state index in [9.17, 15) is 4.79 Å². The van der Waals surface area contributed by atoms with Crippen molar-refractivity contribution in [1.82, 2.24) is 15.5 Å². The summed E-state index contributed by atoms with van der Waals surface area (Å²) in [7, 11) is 3.83. The van der Waals surface area contributed by atoms with Gasteiger partial charge < -0.3 is 20.3 Å². The molecule has 1 amide bonds. The molecule has 1 aliphatic heterocycles. The third kappa shape index (κ3) is 6.58. The minimum absolute atomic E-state index is 0.0557. The Bertz CT molecular complexity index is 801. The van der Waals surface area contributed by atoms with Crippen LogP contribution in [0.25, 0.3) is 0 Å². The fraction of sp³-hybridized carbons (Fsp3) is 0.455. The molecule has 0 saturated carbocycles. The van der Waals surface area contributed by atoms with Crippen molar-refractivity contribution < 1.29 is 9.53 Å². The molecular formula is C22H30N4O2S. The molecule has 1 unspecified atom stereocenters. The second-order valence-corrected chi connectivity index (χ2v) is 8.23. The van der Waals surface area contributed by atoms with Crippen molar-refractivity contribution in [1.29, 1.82) is 0 Å². The van der Waals surface area contributed by atoms with Gasteiger partial charge in [0.1, 0.15) is 0 Å². The van der Waals surface area contributed by atoms with E-state index in [1.54, 1.807) is 18.4 Å². The van der Waals surface area contributed by atoms with E-state index in [4.69, 9.17) is 4.74 Å². The number of rotatable bonds is 8. The summed E-state index contributed by atoms with van der Waals surface area (Å²) < 4.78 is 5.56. The number of nitrogens with zero attached hydrogens (tertiary/aromatic N) is 2. The topological polar surface area (TPSA) is 66.0 Å². The second-order valence-electron chi connectivity index (χ2n) is 7.20. The Morgan fingerprint density at radius 2 is 2.21 bits per heavy atom. The minimum atomic E-state index is -0.0557. The Labute approximate surface area is 177 Å². The Morgan fingerprint density at radius 1 is 1.31 bits per heavy atom. The summed E-state index contributed by atoms with van der Waals surface area (Å²) in [5.74, 6) is 0.787. The van der Waals surface area contributed by atoms with E-state index >= 15 is 0 Å². The molecule has 0 radical (unpaired) electrons. The maximum Gasteiger partial charge on any atom is 0.251 e. The number of ether oxygens (including phenoxy) is 1. The largest absolute Gasteiger partial charge is 0.376 e. The summed E-state index contributed by atoms with van der Waals surface area (Å²) in [4.78, 5) is 20.3. The lowest BCUT2D eigenvalue weighted by molar-refractivity contribution is 0.0857. The van der Waals surface area contributed by atoms with Crippen LogP contribution in [0, 0.1) is 0 Å². The Balaban J connectivity index is 1.48. The first-order valence-corrected chi connectivity index (χ1v) is 11.0. The number of thiophene rings is 1. The van der Waals surface area contributed by atoms with Gasteiger partial charge in [-0.25, -0.2) is 0 Å². The fourth-order valence-electron chi connectivity index (χ4n) is 3.34. The first-order valence-electron chi connectivity index (χ1n) is 10.1. The van der Waals surface area contributed by atoms with Crippen LogP contribution in [0.3, 0.4) is 0 Å². The highest BCUT2D eigenvalue weighted by Gasteiger charge is 2.16. The van der Waals surface area contributed by atoms with E-state index in [-0.39, 0.29) is 12.0 Å². The van der Waals surface area contributed by atoms with Crippen LogP contribution in [0.1, 0.15) is 33.6 Å². The van der Waals surface area contributed by atoms with E-state index in [0.29, 0.717) is 18.7 Å². The van der Waals surface area contributed by atoms with Gasteiger partial charge in [0.15, 0.2) is 5.96 Å². The van der Waals surface area contributed by atoms with Crippen LogP contribution in [-0.2, 0) is 17.7 Å². The zero-order valence-electron chi connectivity index (χ0n) is 17.2. The summed E-state index contributed by atoms with van der Waals surface area (Å²) in [6.45, 7) is 2.88. The molecule has 7 heteroatoms. The van der Waals surface area contributed by atoms with Crippen LogP contribution < -0.4 is 10.6 Å². The number of guanidine groups is 1. The van der Waals surface area contributed by atoms with Crippen LogP contribution in [0.4, 0.5) is 0 Å². The van der Waals surface area contributed by atoms with Crippen LogP contribution in [-0.4, -0.2) is 56.7 Å². The van der Waals surface area contributed by atoms with Gasteiger partial charge in [-0.1, -0.05) is 18.2 Å². The van der Waals surface area contributed by atoms with Crippen molar-refractivity contribution in [2.75, 3.05) is 33.8 Å². The van der Waals surface area contributed by atoms with Crippen molar-refractivity contribution in [3.05, 3.63) is 57.8 Å². The number of carbonyl (C=O) groups excluding carboxylic acids is 1. The Kier molecular flexibility index (Phi) is 8.07. The second kappa shape index (κ2) is 11.0. The Hall–Kier alpha value is -2.38. The third-order valence-corrected chi connectivity index (χ3v) is 5.94. The van der Waals surface area contributed by atoms with E-state index in [1.807, 2.05) is 31.3 Å². The third-order valence-electron chi connectivity index (χ3n) is 5.00. The van der Waals surface area contributed by atoms with Gasteiger partial charge in [0.05, 0.1) is 6.10 Å². The molecule has 29 heavy (non-hydrogen) atoms. The molecule has 2 N–H and O–H groups in total. The molecule has 0 spiro atoms. The van der Waals surface area contributed by atoms with Gasteiger partial charge >= 0.3 is 0 Å². The van der Waals surface area contributed by atoms with Gasteiger partial charge in [-0.15, -0.1) is 11.3 Å². The van der Waals surface area contributed by atoms with Crippen molar-refractivity contribution in [2.24, 2.45) is 4.99 Å². The molecule has 1 aromatic heterocycles. The van der Waals surface area contributed by atoms with E-state index in [1.165, 1.54) is 4.88 Å². The van der Waals surface area contributed by atoms with E-state index in [0.717, 1.165) is 43.9 Å². The first-order chi connectivity index (χ1) is 14.2. The maximum absolute atomic E-state index is 12.4. The number of amides is 1. The average molecular weight is 415 g/mol. The minimum Gasteiger partial charge on any atom is -0.376 e. The van der Waals surface area contributed by atoms with Crippen molar-refractivity contribution in [3.63, 3.8) is 0 Å². The summed E-state index contributed by atoms with van der Waals surface area (Å²) in [6, 6.07) is 11.9. The summed E-state index contributed by atoms with van der Waals surface area (Å²) in [5.41, 5.74) is 1.71. The standard InChI is InChI=1S/C22H30N4O2S/c1-23-22(26(2)11-10-20-9-5-13-29-20)25-15-17-6-3-7-18(14-17)21(27)24-16-19-8-4-12-28-19/h3,5-7,9,13-14,19H,4,8,10-12,15-16H2,1-2H3,(H,23,25)(H,24,27). The lowest BCUT2D eigenvalue weighted by Gasteiger charge is -2.22. The van der Waals surface area contributed by atoms with Crippen molar-refractivity contribution >= 4 is 23.2 Å². The van der Waals surface area contributed by atoms with Gasteiger partial charge in [-0.2, -0.15) is 0 Å². The molecule has 1 aromatic carbocycles. The van der Waals surface area contributed by atoms with Crippen molar-refractivity contribution in [3.8, 4) is 0 Å². The summed E-state index contributed by atoms with van der Waals surface area (Å²) in [6.07, 6.45) is 3.24. The molecule has 1 atom stereocenters. The van der Waals surface area contributed by atoms with Gasteiger partial charge in [0.2, 0.25) is 0 Å². The molecule has 6 nitrogen and oxygen atoms in total. The first kappa shape index (κ1) is 21.3. The number of likely N-dealkylation sites (N-methyl/N-ethyl adjacent to an activating group) is 1. The lowest BCUT2D eigenvalue weighted by Crippen LogP contribution is -2.39. The number of hydrogen-bond acceptors (Lipinski definition) is 4. The molecule has 156 valence electrons. The summed E-state index contributed by atoms with van der Waals surface area (Å²) >= 11 is 1.78. The zero-order valence-corrected chi connectivity index (χ0v) is 18.0. The molecule has 2 aromatic rings. The maximum atomic E-state index is 12.4. The fourth-order valence-corrected chi connectivity index (χ4v) is 4.04. The number of benzene rings is 1. The summed E-state index contributed by atoms with van der Waals surface area (Å²) in [5, 5.41) is 8.47. The van der Waals surface area contributed by atoms with Crippen LogP contribution in [0.2, 0.25) is 0 Å². The van der Waals surface area contributed by atoms with Crippen LogP contribution in [0.15, 0.2) is 46.8 Å². The highest BCUT2D eigenvalue weighted by molar-refractivity contribution is 7.09. The highest BCUT2D eigenvalue weighted by atomic mass is 32.1. The molecule has 1 aliphatic rings. The molecule has 2 heterocycles. The van der Waals surface area contributed by atoms with Crippen molar-refractivity contribution in [2.45, 2.75) is 31.9 Å². The zero-order chi connectivity index (χ0) is 20.5. The molecule has 0 bridgehead atoms. The normalized spacial score (nSPS) is 16.6.